The van der Waals surface area contributed by atoms with Gasteiger partial charge in [0, 0.05) is 37.1 Å². The van der Waals surface area contributed by atoms with Crippen LogP contribution in [-0.4, -0.2) is 23.1 Å². The molecule has 1 aromatic heterocycles. The zero-order valence-electron chi connectivity index (χ0n) is 9.95. The molecule has 0 radical (unpaired) electrons. The van der Waals surface area contributed by atoms with Crippen LogP contribution < -0.4 is 10.6 Å². The Morgan fingerprint density at radius 1 is 1.25 bits per heavy atom. The minimum Gasteiger partial charge on any atom is -0.341 e. The van der Waals surface area contributed by atoms with E-state index in [4.69, 9.17) is 5.73 Å². The van der Waals surface area contributed by atoms with Crippen LogP contribution in [0, 0.1) is 6.92 Å². The highest BCUT2D eigenvalue weighted by Gasteiger charge is 2.13. The Morgan fingerprint density at radius 3 is 2.50 bits per heavy atom. The summed E-state index contributed by atoms with van der Waals surface area (Å²) in [5, 5.41) is 0. The van der Waals surface area contributed by atoms with Crippen LogP contribution in [0.1, 0.15) is 36.9 Å². The molecule has 1 aliphatic rings. The van der Waals surface area contributed by atoms with Gasteiger partial charge in [0.2, 0.25) is 5.95 Å². The van der Waals surface area contributed by atoms with Crippen LogP contribution >= 0.6 is 0 Å². The lowest BCUT2D eigenvalue weighted by Gasteiger charge is -2.20. The van der Waals surface area contributed by atoms with Crippen molar-refractivity contribution in [2.75, 3.05) is 18.0 Å². The van der Waals surface area contributed by atoms with Gasteiger partial charge in [0.15, 0.2) is 0 Å². The molecule has 1 saturated heterocycles. The molecule has 16 heavy (non-hydrogen) atoms. The number of hydrogen-bond acceptors (Lipinski definition) is 4. The summed E-state index contributed by atoms with van der Waals surface area (Å²) in [6.07, 6.45) is 7.03. The Hall–Kier alpha value is -1.16. The lowest BCUT2D eigenvalue weighted by Crippen LogP contribution is -2.26. The third-order valence-corrected chi connectivity index (χ3v) is 3.18. The fourth-order valence-electron chi connectivity index (χ4n) is 2.10. The van der Waals surface area contributed by atoms with Crippen LogP contribution in [0.4, 0.5) is 5.95 Å². The molecule has 0 saturated carbocycles. The summed E-state index contributed by atoms with van der Waals surface area (Å²) < 4.78 is 0. The zero-order valence-corrected chi connectivity index (χ0v) is 9.95. The maximum absolute atomic E-state index is 5.61. The number of hydrogen-bond donors (Lipinski definition) is 1. The van der Waals surface area contributed by atoms with E-state index >= 15 is 0 Å². The van der Waals surface area contributed by atoms with Crippen LogP contribution in [0.5, 0.6) is 0 Å². The van der Waals surface area contributed by atoms with E-state index in [1.807, 2.05) is 13.1 Å². The van der Waals surface area contributed by atoms with E-state index < -0.39 is 0 Å². The first-order valence-corrected chi connectivity index (χ1v) is 6.09. The molecular formula is C12H20N4. The molecule has 0 amide bonds. The van der Waals surface area contributed by atoms with E-state index in [1.165, 1.54) is 25.7 Å². The molecule has 2 N–H and O–H groups in total. The summed E-state index contributed by atoms with van der Waals surface area (Å²) >= 11 is 0. The average Bonchev–Trinajstić information content (AvgIpc) is 2.57. The van der Waals surface area contributed by atoms with E-state index in [0.29, 0.717) is 6.54 Å². The normalized spacial score (nSPS) is 17.2. The Labute approximate surface area is 96.9 Å². The predicted molar refractivity (Wildman–Crippen MR) is 65.3 cm³/mol. The topological polar surface area (TPSA) is 55.0 Å². The third kappa shape index (κ3) is 2.50. The second kappa shape index (κ2) is 5.25. The van der Waals surface area contributed by atoms with Crippen LogP contribution in [-0.2, 0) is 6.54 Å². The van der Waals surface area contributed by atoms with Crippen LogP contribution in [0.25, 0.3) is 0 Å². The number of aromatic nitrogens is 2. The highest BCUT2D eigenvalue weighted by molar-refractivity contribution is 5.32. The second-order valence-corrected chi connectivity index (χ2v) is 4.39. The number of aryl methyl sites for hydroxylation is 1. The summed E-state index contributed by atoms with van der Waals surface area (Å²) in [6.45, 7) is 4.69. The smallest absolute Gasteiger partial charge is 0.225 e. The highest BCUT2D eigenvalue weighted by atomic mass is 15.2. The van der Waals surface area contributed by atoms with E-state index in [1.54, 1.807) is 0 Å². The summed E-state index contributed by atoms with van der Waals surface area (Å²) in [7, 11) is 0. The molecule has 1 aromatic rings. The van der Waals surface area contributed by atoms with Crippen molar-refractivity contribution in [1.29, 1.82) is 0 Å². The van der Waals surface area contributed by atoms with Crippen molar-refractivity contribution in [2.24, 2.45) is 5.73 Å². The van der Waals surface area contributed by atoms with Gasteiger partial charge in [-0.2, -0.15) is 0 Å². The van der Waals surface area contributed by atoms with Crippen molar-refractivity contribution in [3.05, 3.63) is 17.5 Å². The minimum absolute atomic E-state index is 0.520. The van der Waals surface area contributed by atoms with Gasteiger partial charge < -0.3 is 10.6 Å². The van der Waals surface area contributed by atoms with Crippen LogP contribution in [0.15, 0.2) is 6.20 Å². The molecule has 4 heteroatoms. The molecule has 88 valence electrons. The van der Waals surface area contributed by atoms with Crippen LogP contribution in [0.3, 0.4) is 0 Å². The molecule has 2 rings (SSSR count). The number of rotatable bonds is 2. The van der Waals surface area contributed by atoms with Gasteiger partial charge >= 0.3 is 0 Å². The van der Waals surface area contributed by atoms with E-state index in [0.717, 1.165) is 30.3 Å². The summed E-state index contributed by atoms with van der Waals surface area (Å²) in [5.41, 5.74) is 7.66. The monoisotopic (exact) mass is 220 g/mol. The van der Waals surface area contributed by atoms with Gasteiger partial charge in [-0.25, -0.2) is 9.97 Å². The van der Waals surface area contributed by atoms with E-state index in [9.17, 15) is 0 Å². The summed E-state index contributed by atoms with van der Waals surface area (Å²) in [5.74, 6) is 0.872. The van der Waals surface area contributed by atoms with Crippen molar-refractivity contribution >= 4 is 5.95 Å². The van der Waals surface area contributed by atoms with Crippen molar-refractivity contribution in [2.45, 2.75) is 39.2 Å². The molecule has 0 bridgehead atoms. The van der Waals surface area contributed by atoms with Crippen molar-refractivity contribution in [3.63, 3.8) is 0 Å². The standard InChI is InChI=1S/C12H20N4/c1-10-11(8-13)9-14-12(15-10)16-6-4-2-3-5-7-16/h9H,2-8,13H2,1H3. The lowest BCUT2D eigenvalue weighted by atomic mass is 10.2. The molecule has 4 nitrogen and oxygen atoms in total. The molecule has 1 fully saturated rings. The average molecular weight is 220 g/mol. The minimum atomic E-state index is 0.520. The zero-order chi connectivity index (χ0) is 11.4. The fraction of sp³-hybridized carbons (Fsp3) is 0.667. The Bertz CT molecular complexity index is 343. The molecule has 0 atom stereocenters. The quantitative estimate of drug-likeness (QED) is 0.823. The van der Waals surface area contributed by atoms with Crippen LogP contribution in [0.2, 0.25) is 0 Å². The Kier molecular flexibility index (Phi) is 3.72. The van der Waals surface area contributed by atoms with Gasteiger partial charge in [-0.1, -0.05) is 12.8 Å². The highest BCUT2D eigenvalue weighted by Crippen LogP contribution is 2.16. The Balaban J connectivity index is 2.16. The largest absolute Gasteiger partial charge is 0.341 e. The molecule has 0 aliphatic carbocycles. The number of nitrogens with zero attached hydrogens (tertiary/aromatic N) is 3. The van der Waals surface area contributed by atoms with Gasteiger partial charge in [0.25, 0.3) is 0 Å². The second-order valence-electron chi connectivity index (χ2n) is 4.39. The fourth-order valence-corrected chi connectivity index (χ4v) is 2.10. The van der Waals surface area contributed by atoms with Crippen molar-refractivity contribution in [3.8, 4) is 0 Å². The molecule has 0 unspecified atom stereocenters. The maximum Gasteiger partial charge on any atom is 0.225 e. The Morgan fingerprint density at radius 2 is 1.94 bits per heavy atom. The summed E-state index contributed by atoms with van der Waals surface area (Å²) in [4.78, 5) is 11.2. The molecule has 0 spiro atoms. The first kappa shape index (κ1) is 11.3. The molecule has 1 aliphatic heterocycles. The number of nitrogens with two attached hydrogens (primary N) is 1. The number of anilines is 1. The first-order chi connectivity index (χ1) is 7.81. The molecule has 2 heterocycles. The van der Waals surface area contributed by atoms with Crippen molar-refractivity contribution < 1.29 is 0 Å². The van der Waals surface area contributed by atoms with Gasteiger partial charge in [0.1, 0.15) is 0 Å². The van der Waals surface area contributed by atoms with Gasteiger partial charge in [-0.15, -0.1) is 0 Å². The third-order valence-electron chi connectivity index (χ3n) is 3.18. The maximum atomic E-state index is 5.61. The molecule has 0 aromatic carbocycles. The van der Waals surface area contributed by atoms with E-state index in [2.05, 4.69) is 14.9 Å². The van der Waals surface area contributed by atoms with E-state index in [-0.39, 0.29) is 0 Å². The SMILES string of the molecule is Cc1nc(N2CCCCCC2)ncc1CN. The van der Waals surface area contributed by atoms with Crippen molar-refractivity contribution in [1.82, 2.24) is 9.97 Å². The van der Waals surface area contributed by atoms with Gasteiger partial charge in [-0.3, -0.25) is 0 Å². The van der Waals surface area contributed by atoms with Gasteiger partial charge in [-0.05, 0) is 19.8 Å². The van der Waals surface area contributed by atoms with Gasteiger partial charge in [0.05, 0.1) is 0 Å². The first-order valence-electron chi connectivity index (χ1n) is 6.09. The summed E-state index contributed by atoms with van der Waals surface area (Å²) in [6, 6.07) is 0. The molecular weight excluding hydrogens is 200 g/mol. The predicted octanol–water partition coefficient (Wildman–Crippen LogP) is 1.62. The lowest BCUT2D eigenvalue weighted by molar-refractivity contribution is 0.726.